The van der Waals surface area contributed by atoms with Crippen molar-refractivity contribution in [2.45, 2.75) is 31.2 Å². The SMILES string of the molecule is O=C(C[C@@H]1C=C[C@H](NC(=O)Nc2ccc3c(c2)OCO3)[C@@H](CO)O1)NCc1ccc(Cl)cc1. The zero-order valence-corrected chi connectivity index (χ0v) is 18.4. The molecule has 2 aromatic rings. The van der Waals surface area contributed by atoms with Crippen molar-refractivity contribution in [3.05, 3.63) is 65.2 Å². The quantitative estimate of drug-likeness (QED) is 0.459. The van der Waals surface area contributed by atoms with Gasteiger partial charge in [-0.05, 0) is 29.8 Å². The lowest BCUT2D eigenvalue weighted by Crippen LogP contribution is -2.50. The molecule has 3 amide bonds. The van der Waals surface area contributed by atoms with Gasteiger partial charge in [0.15, 0.2) is 11.5 Å². The maximum Gasteiger partial charge on any atom is 0.319 e. The van der Waals surface area contributed by atoms with Crippen LogP contribution in [-0.4, -0.2) is 48.7 Å². The van der Waals surface area contributed by atoms with Crippen molar-refractivity contribution in [1.29, 1.82) is 0 Å². The van der Waals surface area contributed by atoms with Gasteiger partial charge in [-0.15, -0.1) is 0 Å². The summed E-state index contributed by atoms with van der Waals surface area (Å²) in [4.78, 5) is 24.7. The number of urea groups is 1. The van der Waals surface area contributed by atoms with Crippen LogP contribution >= 0.6 is 11.6 Å². The van der Waals surface area contributed by atoms with Crippen LogP contribution < -0.4 is 25.4 Å². The maximum atomic E-state index is 12.4. The van der Waals surface area contributed by atoms with Crippen LogP contribution in [0, 0.1) is 0 Å². The van der Waals surface area contributed by atoms with Crippen LogP contribution in [0.5, 0.6) is 11.5 Å². The molecule has 0 fully saturated rings. The van der Waals surface area contributed by atoms with Gasteiger partial charge in [-0.1, -0.05) is 35.9 Å². The molecule has 4 rings (SSSR count). The lowest BCUT2D eigenvalue weighted by molar-refractivity contribution is -0.125. The molecule has 0 bridgehead atoms. The number of nitrogens with one attached hydrogen (secondary N) is 3. The lowest BCUT2D eigenvalue weighted by Gasteiger charge is -2.31. The number of rotatable bonds is 7. The van der Waals surface area contributed by atoms with E-state index in [2.05, 4.69) is 16.0 Å². The molecule has 0 aliphatic carbocycles. The monoisotopic (exact) mass is 473 g/mol. The number of fused-ring (bicyclic) bond motifs is 1. The maximum absolute atomic E-state index is 12.4. The molecule has 9 nitrogen and oxygen atoms in total. The summed E-state index contributed by atoms with van der Waals surface area (Å²) in [5.74, 6) is 0.982. The van der Waals surface area contributed by atoms with E-state index in [1.807, 2.05) is 12.1 Å². The van der Waals surface area contributed by atoms with Crippen LogP contribution in [0.15, 0.2) is 54.6 Å². The first kappa shape index (κ1) is 22.9. The van der Waals surface area contributed by atoms with E-state index < -0.39 is 24.3 Å². The predicted octanol–water partition coefficient (Wildman–Crippen LogP) is 2.58. The van der Waals surface area contributed by atoms with E-state index >= 15 is 0 Å². The largest absolute Gasteiger partial charge is 0.454 e. The molecule has 2 heterocycles. The number of amides is 3. The Labute approximate surface area is 195 Å². The first-order chi connectivity index (χ1) is 16.0. The van der Waals surface area contributed by atoms with Crippen LogP contribution in [0.4, 0.5) is 10.5 Å². The number of benzene rings is 2. The van der Waals surface area contributed by atoms with Gasteiger partial charge < -0.3 is 35.3 Å². The van der Waals surface area contributed by atoms with Crippen molar-refractivity contribution >= 4 is 29.2 Å². The highest BCUT2D eigenvalue weighted by Crippen LogP contribution is 2.34. The molecule has 0 saturated carbocycles. The second kappa shape index (κ2) is 10.6. The summed E-state index contributed by atoms with van der Waals surface area (Å²) in [6.07, 6.45) is 2.32. The van der Waals surface area contributed by atoms with E-state index in [0.29, 0.717) is 28.8 Å². The van der Waals surface area contributed by atoms with Crippen LogP contribution in [0.1, 0.15) is 12.0 Å². The highest BCUT2D eigenvalue weighted by atomic mass is 35.5. The standard InChI is InChI=1S/C23H24ClN3O6/c24-15-3-1-14(2-4-15)11-25-22(29)10-17-6-7-18(21(12-28)33-17)27-23(30)26-16-5-8-19-20(9-16)32-13-31-19/h1-9,17-18,21,28H,10-13H2,(H,25,29)(H2,26,27,30)/t17-,18-,21+/m0/s1. The number of hydrogen-bond donors (Lipinski definition) is 4. The first-order valence-corrected chi connectivity index (χ1v) is 10.8. The van der Waals surface area contributed by atoms with Crippen molar-refractivity contribution in [1.82, 2.24) is 10.6 Å². The van der Waals surface area contributed by atoms with Gasteiger partial charge in [0.1, 0.15) is 6.10 Å². The summed E-state index contributed by atoms with van der Waals surface area (Å²) >= 11 is 5.86. The van der Waals surface area contributed by atoms with E-state index in [0.717, 1.165) is 5.56 Å². The molecular formula is C23H24ClN3O6. The molecule has 0 unspecified atom stereocenters. The number of hydrogen-bond acceptors (Lipinski definition) is 6. The van der Waals surface area contributed by atoms with E-state index in [4.69, 9.17) is 25.8 Å². The summed E-state index contributed by atoms with van der Waals surface area (Å²) in [6.45, 7) is 0.204. The summed E-state index contributed by atoms with van der Waals surface area (Å²) in [7, 11) is 0. The fraction of sp³-hybridized carbons (Fsp3) is 0.304. The Morgan fingerprint density at radius 3 is 2.64 bits per heavy atom. The van der Waals surface area contributed by atoms with Crippen molar-refractivity contribution in [3.63, 3.8) is 0 Å². The van der Waals surface area contributed by atoms with Crippen molar-refractivity contribution in [2.75, 3.05) is 18.7 Å². The van der Waals surface area contributed by atoms with Crippen LogP contribution in [0.3, 0.4) is 0 Å². The molecule has 0 saturated heterocycles. The average Bonchev–Trinajstić information content (AvgIpc) is 3.27. The van der Waals surface area contributed by atoms with Gasteiger partial charge in [0.05, 0.1) is 25.2 Å². The number of halogens is 1. The predicted molar refractivity (Wildman–Crippen MR) is 121 cm³/mol. The third-order valence-electron chi connectivity index (χ3n) is 5.18. The second-order valence-electron chi connectivity index (χ2n) is 7.58. The molecular weight excluding hydrogens is 450 g/mol. The molecule has 10 heteroatoms. The van der Waals surface area contributed by atoms with Gasteiger partial charge in [-0.25, -0.2) is 4.79 Å². The number of carbonyl (C=O) groups excluding carboxylic acids is 2. The van der Waals surface area contributed by atoms with Gasteiger partial charge in [0.2, 0.25) is 12.7 Å². The van der Waals surface area contributed by atoms with Crippen LogP contribution in [0.25, 0.3) is 0 Å². The van der Waals surface area contributed by atoms with E-state index in [1.165, 1.54) is 0 Å². The smallest absolute Gasteiger partial charge is 0.319 e. The van der Waals surface area contributed by atoms with E-state index in [1.54, 1.807) is 42.5 Å². The van der Waals surface area contributed by atoms with Gasteiger partial charge in [0, 0.05) is 23.3 Å². The molecule has 174 valence electrons. The zero-order valence-electron chi connectivity index (χ0n) is 17.6. The minimum atomic E-state index is -0.688. The average molecular weight is 474 g/mol. The van der Waals surface area contributed by atoms with Crippen molar-refractivity contribution in [3.8, 4) is 11.5 Å². The molecule has 2 aliphatic rings. The van der Waals surface area contributed by atoms with E-state index in [-0.39, 0.29) is 25.7 Å². The Hall–Kier alpha value is -3.27. The van der Waals surface area contributed by atoms with Crippen molar-refractivity contribution in [2.24, 2.45) is 0 Å². The molecule has 33 heavy (non-hydrogen) atoms. The topological polar surface area (TPSA) is 118 Å². The fourth-order valence-electron chi connectivity index (χ4n) is 3.49. The Bertz CT molecular complexity index is 1030. The minimum absolute atomic E-state index is 0.0940. The highest BCUT2D eigenvalue weighted by Gasteiger charge is 2.29. The summed E-state index contributed by atoms with van der Waals surface area (Å²) in [5, 5.41) is 18.7. The van der Waals surface area contributed by atoms with Crippen LogP contribution in [-0.2, 0) is 16.1 Å². The van der Waals surface area contributed by atoms with E-state index in [9.17, 15) is 14.7 Å². The number of ether oxygens (including phenoxy) is 3. The van der Waals surface area contributed by atoms with Crippen molar-refractivity contribution < 1.29 is 28.9 Å². The van der Waals surface area contributed by atoms with Gasteiger partial charge in [-0.3, -0.25) is 4.79 Å². The zero-order chi connectivity index (χ0) is 23.2. The Balaban J connectivity index is 1.26. The Morgan fingerprint density at radius 1 is 1.06 bits per heavy atom. The normalized spacial score (nSPS) is 20.8. The second-order valence-corrected chi connectivity index (χ2v) is 8.02. The lowest BCUT2D eigenvalue weighted by atomic mass is 10.0. The Morgan fingerprint density at radius 2 is 1.85 bits per heavy atom. The molecule has 0 radical (unpaired) electrons. The Kier molecular flexibility index (Phi) is 7.33. The van der Waals surface area contributed by atoms with Gasteiger partial charge in [0.25, 0.3) is 0 Å². The molecule has 0 spiro atoms. The summed E-state index contributed by atoms with van der Waals surface area (Å²) in [5.41, 5.74) is 1.46. The molecule has 2 aromatic carbocycles. The summed E-state index contributed by atoms with van der Waals surface area (Å²) in [6, 6.07) is 11.2. The molecule has 3 atom stereocenters. The number of carbonyl (C=O) groups is 2. The third-order valence-corrected chi connectivity index (χ3v) is 5.43. The first-order valence-electron chi connectivity index (χ1n) is 10.4. The highest BCUT2D eigenvalue weighted by molar-refractivity contribution is 6.30. The van der Waals surface area contributed by atoms with Gasteiger partial charge in [-0.2, -0.15) is 0 Å². The molecule has 0 aromatic heterocycles. The van der Waals surface area contributed by atoms with Crippen LogP contribution in [0.2, 0.25) is 5.02 Å². The summed E-state index contributed by atoms with van der Waals surface area (Å²) < 4.78 is 16.4. The minimum Gasteiger partial charge on any atom is -0.454 e. The molecule has 4 N–H and O–H groups in total. The number of aliphatic hydroxyl groups is 1. The fourth-order valence-corrected chi connectivity index (χ4v) is 3.61. The number of aliphatic hydroxyl groups excluding tert-OH is 1. The molecule has 2 aliphatic heterocycles. The number of anilines is 1. The third kappa shape index (κ3) is 6.16. The van der Waals surface area contributed by atoms with Gasteiger partial charge >= 0.3 is 6.03 Å².